The normalized spacial score (nSPS) is 11.9. The number of sulfonamides is 1. The molecule has 0 aromatic heterocycles. The van der Waals surface area contributed by atoms with Crippen LogP contribution in [-0.2, 0) is 21.0 Å². The number of hydrogen-bond donors (Lipinski definition) is 1. The number of carbonyl (C=O) groups is 1. The lowest BCUT2D eigenvalue weighted by Crippen LogP contribution is -2.39. The van der Waals surface area contributed by atoms with Gasteiger partial charge in [0.1, 0.15) is 12.3 Å². The molecular weight excluding hydrogens is 471 g/mol. The molecule has 0 aliphatic rings. The van der Waals surface area contributed by atoms with E-state index in [4.69, 9.17) is 4.74 Å². The van der Waals surface area contributed by atoms with Crippen LogP contribution in [0.25, 0.3) is 0 Å². The molecule has 3 rings (SSSR count). The van der Waals surface area contributed by atoms with Gasteiger partial charge in [-0.1, -0.05) is 42.5 Å². The first-order chi connectivity index (χ1) is 16.1. The average Bonchev–Trinajstić information content (AvgIpc) is 2.82. The molecule has 0 saturated carbocycles. The number of alkyl halides is 3. The summed E-state index contributed by atoms with van der Waals surface area (Å²) in [6.45, 7) is -0.655. The van der Waals surface area contributed by atoms with Gasteiger partial charge in [-0.05, 0) is 42.0 Å². The van der Waals surface area contributed by atoms with Crippen LogP contribution < -0.4 is 14.5 Å². The third kappa shape index (κ3) is 5.93. The number of amides is 1. The minimum Gasteiger partial charge on any atom is -0.495 e. The van der Waals surface area contributed by atoms with Gasteiger partial charge in [0.25, 0.3) is 15.9 Å². The van der Waals surface area contributed by atoms with E-state index in [1.54, 1.807) is 36.4 Å². The van der Waals surface area contributed by atoms with E-state index in [0.29, 0.717) is 0 Å². The van der Waals surface area contributed by atoms with Crippen molar-refractivity contribution in [1.29, 1.82) is 0 Å². The maximum Gasteiger partial charge on any atom is 0.416 e. The van der Waals surface area contributed by atoms with Crippen LogP contribution in [0.1, 0.15) is 11.1 Å². The average molecular weight is 491 g/mol. The van der Waals surface area contributed by atoms with E-state index in [0.717, 1.165) is 22.7 Å². The van der Waals surface area contributed by atoms with Crippen LogP contribution in [-0.4, -0.2) is 34.2 Å². The van der Waals surface area contributed by atoms with Crippen molar-refractivity contribution in [1.82, 2.24) is 5.43 Å². The van der Waals surface area contributed by atoms with Gasteiger partial charge in [-0.15, -0.1) is 0 Å². The highest BCUT2D eigenvalue weighted by molar-refractivity contribution is 7.92. The number of nitrogens with one attached hydrogen (secondary N) is 1. The molecule has 0 aliphatic heterocycles. The predicted octanol–water partition coefficient (Wildman–Crippen LogP) is 4.06. The molecule has 0 fully saturated rings. The Morgan fingerprint density at radius 1 is 1.03 bits per heavy atom. The Kier molecular flexibility index (Phi) is 7.57. The Morgan fingerprint density at radius 2 is 1.71 bits per heavy atom. The van der Waals surface area contributed by atoms with Crippen LogP contribution in [0.5, 0.6) is 5.75 Å². The van der Waals surface area contributed by atoms with E-state index >= 15 is 0 Å². The van der Waals surface area contributed by atoms with Gasteiger partial charge in [-0.3, -0.25) is 9.10 Å². The second-order valence-corrected chi connectivity index (χ2v) is 8.78. The van der Waals surface area contributed by atoms with Crippen molar-refractivity contribution in [2.24, 2.45) is 5.10 Å². The molecule has 1 N–H and O–H groups in total. The lowest BCUT2D eigenvalue weighted by Gasteiger charge is -2.25. The number of ether oxygens (including phenoxy) is 1. The van der Waals surface area contributed by atoms with Crippen LogP contribution in [0.3, 0.4) is 0 Å². The van der Waals surface area contributed by atoms with Crippen LogP contribution in [0.15, 0.2) is 88.9 Å². The Bertz CT molecular complexity index is 1280. The maximum atomic E-state index is 13.3. The number of halogens is 3. The smallest absolute Gasteiger partial charge is 0.416 e. The van der Waals surface area contributed by atoms with Gasteiger partial charge in [0.2, 0.25) is 0 Å². The molecule has 3 aromatic rings. The van der Waals surface area contributed by atoms with E-state index in [9.17, 15) is 26.4 Å². The first kappa shape index (κ1) is 24.8. The van der Waals surface area contributed by atoms with Crippen LogP contribution >= 0.6 is 0 Å². The number of hydrazone groups is 1. The van der Waals surface area contributed by atoms with Gasteiger partial charge in [0.15, 0.2) is 0 Å². The molecule has 178 valence electrons. The Morgan fingerprint density at radius 3 is 2.38 bits per heavy atom. The predicted molar refractivity (Wildman–Crippen MR) is 121 cm³/mol. The maximum absolute atomic E-state index is 13.3. The van der Waals surface area contributed by atoms with Gasteiger partial charge >= 0.3 is 6.18 Å². The number of nitrogens with zero attached hydrogens (tertiary/aromatic N) is 2. The van der Waals surface area contributed by atoms with Gasteiger partial charge in [0.05, 0.1) is 29.5 Å². The van der Waals surface area contributed by atoms with Crippen molar-refractivity contribution < 1.29 is 31.1 Å². The topological polar surface area (TPSA) is 88.1 Å². The summed E-state index contributed by atoms with van der Waals surface area (Å²) in [7, 11) is -2.80. The van der Waals surface area contributed by atoms with Crippen LogP contribution in [0, 0.1) is 0 Å². The van der Waals surface area contributed by atoms with Crippen LogP contribution in [0.4, 0.5) is 18.9 Å². The summed E-state index contributed by atoms with van der Waals surface area (Å²) in [5, 5.41) is 3.66. The third-order valence-electron chi connectivity index (χ3n) is 4.59. The van der Waals surface area contributed by atoms with E-state index in [1.807, 2.05) is 0 Å². The van der Waals surface area contributed by atoms with Crippen molar-refractivity contribution in [3.05, 3.63) is 90.0 Å². The molecule has 11 heteroatoms. The fourth-order valence-corrected chi connectivity index (χ4v) is 4.45. The number of hydrogen-bond acceptors (Lipinski definition) is 5. The molecule has 34 heavy (non-hydrogen) atoms. The SMILES string of the molecule is COc1ccccc1N(CC(=O)NN=Cc1cccc(C(F)(F)F)c1)S(=O)(=O)c1ccccc1. The van der Waals surface area contributed by atoms with Crippen molar-refractivity contribution >= 4 is 27.8 Å². The standard InChI is InChI=1S/C23H20F3N3O4S/c1-33-21-13-6-5-12-20(21)29(34(31,32)19-10-3-2-4-11-19)16-22(30)28-27-15-17-8-7-9-18(14-17)23(24,25)26/h2-15H,16H2,1H3,(H,28,30). The van der Waals surface area contributed by atoms with Crippen molar-refractivity contribution in [3.8, 4) is 5.75 Å². The molecule has 0 spiro atoms. The zero-order valence-electron chi connectivity index (χ0n) is 17.9. The summed E-state index contributed by atoms with van der Waals surface area (Å²) in [6, 6.07) is 18.2. The zero-order chi connectivity index (χ0) is 24.8. The molecule has 0 aliphatic carbocycles. The fraction of sp³-hybridized carbons (Fsp3) is 0.130. The lowest BCUT2D eigenvalue weighted by molar-refractivity contribution is -0.137. The summed E-state index contributed by atoms with van der Waals surface area (Å²) in [4.78, 5) is 12.5. The highest BCUT2D eigenvalue weighted by Gasteiger charge is 2.30. The highest BCUT2D eigenvalue weighted by atomic mass is 32.2. The number of benzene rings is 3. The molecule has 0 atom stereocenters. The monoisotopic (exact) mass is 491 g/mol. The zero-order valence-corrected chi connectivity index (χ0v) is 18.7. The Hall–Kier alpha value is -3.86. The molecule has 0 unspecified atom stereocenters. The number of carbonyl (C=O) groups excluding carboxylic acids is 1. The molecule has 0 heterocycles. The van der Waals surface area contributed by atoms with E-state index in [-0.39, 0.29) is 21.9 Å². The van der Waals surface area contributed by atoms with Gasteiger partial charge < -0.3 is 4.74 Å². The minimum absolute atomic E-state index is 0.0406. The van der Waals surface area contributed by atoms with Crippen molar-refractivity contribution in [2.75, 3.05) is 18.0 Å². The molecule has 7 nitrogen and oxygen atoms in total. The number of para-hydroxylation sites is 2. The largest absolute Gasteiger partial charge is 0.495 e. The summed E-state index contributed by atoms with van der Waals surface area (Å²) >= 11 is 0. The molecule has 0 radical (unpaired) electrons. The second-order valence-electron chi connectivity index (χ2n) is 6.91. The fourth-order valence-electron chi connectivity index (χ4n) is 3.00. The van der Waals surface area contributed by atoms with Gasteiger partial charge in [-0.25, -0.2) is 13.8 Å². The number of anilines is 1. The Balaban J connectivity index is 1.84. The molecule has 1 amide bonds. The first-order valence-corrected chi connectivity index (χ1v) is 11.3. The van der Waals surface area contributed by atoms with Crippen molar-refractivity contribution in [3.63, 3.8) is 0 Å². The lowest BCUT2D eigenvalue weighted by atomic mass is 10.1. The quantitative estimate of drug-likeness (QED) is 0.380. The van der Waals surface area contributed by atoms with Crippen molar-refractivity contribution in [2.45, 2.75) is 11.1 Å². The van der Waals surface area contributed by atoms with E-state index < -0.39 is 34.2 Å². The van der Waals surface area contributed by atoms with Crippen LogP contribution in [0.2, 0.25) is 0 Å². The number of methoxy groups -OCH3 is 1. The van der Waals surface area contributed by atoms with E-state index in [2.05, 4.69) is 10.5 Å². The second kappa shape index (κ2) is 10.4. The van der Waals surface area contributed by atoms with E-state index in [1.165, 1.54) is 37.4 Å². The molecule has 0 saturated heterocycles. The minimum atomic E-state index is -4.52. The summed E-state index contributed by atoms with van der Waals surface area (Å²) in [5.74, 6) is -0.587. The highest BCUT2D eigenvalue weighted by Crippen LogP contribution is 2.32. The molecule has 3 aromatic carbocycles. The molecule has 0 bridgehead atoms. The summed E-state index contributed by atoms with van der Waals surface area (Å²) < 4.78 is 71.3. The number of rotatable bonds is 8. The van der Waals surface area contributed by atoms with Gasteiger partial charge in [0, 0.05) is 0 Å². The third-order valence-corrected chi connectivity index (χ3v) is 6.36. The van der Waals surface area contributed by atoms with Gasteiger partial charge in [-0.2, -0.15) is 18.3 Å². The summed E-state index contributed by atoms with van der Waals surface area (Å²) in [5.41, 5.74) is 1.53. The molecular formula is C23H20F3N3O4S. The first-order valence-electron chi connectivity index (χ1n) is 9.83. The summed E-state index contributed by atoms with van der Waals surface area (Å²) in [6.07, 6.45) is -3.49. The Labute approximate surface area is 194 Å².